The van der Waals surface area contributed by atoms with Gasteiger partial charge in [-0.2, -0.15) is 0 Å². The van der Waals surface area contributed by atoms with Crippen molar-refractivity contribution in [2.75, 3.05) is 0 Å². The van der Waals surface area contributed by atoms with E-state index < -0.39 is 0 Å². The molecule has 1 aliphatic rings. The molecule has 1 amide bonds. The molecule has 3 heteroatoms. The molecule has 1 N–H and O–H groups in total. The Morgan fingerprint density at radius 2 is 1.56 bits per heavy atom. The van der Waals surface area contributed by atoms with Crippen molar-refractivity contribution in [3.05, 3.63) is 107 Å². The van der Waals surface area contributed by atoms with Gasteiger partial charge in [0.25, 0.3) is 0 Å². The van der Waals surface area contributed by atoms with E-state index in [-0.39, 0.29) is 18.7 Å². The number of carbonyl (C=O) groups is 1. The van der Waals surface area contributed by atoms with E-state index in [1.54, 1.807) is 0 Å². The lowest BCUT2D eigenvalue weighted by atomic mass is 9.77. The molecule has 3 aromatic rings. The van der Waals surface area contributed by atoms with Gasteiger partial charge in [-0.15, -0.1) is 0 Å². The summed E-state index contributed by atoms with van der Waals surface area (Å²) in [6, 6.07) is 28.6. The molecule has 3 nitrogen and oxygen atoms in total. The second-order valence-electron chi connectivity index (χ2n) is 7.00. The van der Waals surface area contributed by atoms with E-state index in [1.165, 1.54) is 16.7 Å². The maximum atomic E-state index is 12.4. The van der Waals surface area contributed by atoms with Crippen molar-refractivity contribution in [1.82, 2.24) is 5.32 Å². The van der Waals surface area contributed by atoms with Crippen molar-refractivity contribution in [3.63, 3.8) is 0 Å². The van der Waals surface area contributed by atoms with Gasteiger partial charge in [0.15, 0.2) is 0 Å². The number of alkyl carbamates (subject to hydrolysis) is 1. The number of rotatable bonds is 4. The van der Waals surface area contributed by atoms with Gasteiger partial charge in [0.2, 0.25) is 0 Å². The summed E-state index contributed by atoms with van der Waals surface area (Å²) >= 11 is 0. The summed E-state index contributed by atoms with van der Waals surface area (Å²) < 4.78 is 5.44. The zero-order valence-electron chi connectivity index (χ0n) is 15.2. The smallest absolute Gasteiger partial charge is 0.407 e. The second kappa shape index (κ2) is 8.09. The third-order valence-electron chi connectivity index (χ3n) is 5.19. The molecule has 0 fully saturated rings. The molecule has 2 atom stereocenters. The topological polar surface area (TPSA) is 38.3 Å². The Morgan fingerprint density at radius 1 is 0.889 bits per heavy atom. The summed E-state index contributed by atoms with van der Waals surface area (Å²) in [5.41, 5.74) is 4.79. The van der Waals surface area contributed by atoms with Gasteiger partial charge in [-0.1, -0.05) is 84.9 Å². The van der Waals surface area contributed by atoms with Crippen LogP contribution in [0.2, 0.25) is 0 Å². The monoisotopic (exact) mass is 357 g/mol. The molecule has 136 valence electrons. The van der Waals surface area contributed by atoms with Crippen molar-refractivity contribution >= 4 is 6.09 Å². The lowest BCUT2D eigenvalue weighted by molar-refractivity contribution is 0.134. The predicted molar refractivity (Wildman–Crippen MR) is 106 cm³/mol. The fourth-order valence-corrected chi connectivity index (χ4v) is 3.84. The molecule has 0 aliphatic heterocycles. The highest BCUT2D eigenvalue weighted by molar-refractivity contribution is 5.68. The third kappa shape index (κ3) is 4.20. The van der Waals surface area contributed by atoms with E-state index in [9.17, 15) is 4.79 Å². The molecule has 0 saturated heterocycles. The summed E-state index contributed by atoms with van der Waals surface area (Å²) in [5, 5.41) is 3.08. The minimum absolute atomic E-state index is 0.0385. The maximum absolute atomic E-state index is 12.4. The van der Waals surface area contributed by atoms with E-state index in [2.05, 4.69) is 47.8 Å². The van der Waals surface area contributed by atoms with E-state index >= 15 is 0 Å². The van der Waals surface area contributed by atoms with E-state index in [4.69, 9.17) is 4.74 Å². The molecule has 0 saturated carbocycles. The number of nitrogens with one attached hydrogen (secondary N) is 1. The first kappa shape index (κ1) is 17.3. The van der Waals surface area contributed by atoms with Crippen LogP contribution in [-0.2, 0) is 17.8 Å². The maximum Gasteiger partial charge on any atom is 0.407 e. The van der Waals surface area contributed by atoms with Crippen molar-refractivity contribution in [2.45, 2.75) is 31.4 Å². The van der Waals surface area contributed by atoms with Crippen LogP contribution in [-0.4, -0.2) is 6.09 Å². The number of fused-ring (bicyclic) bond motifs is 1. The molecule has 0 bridgehead atoms. The molecule has 0 radical (unpaired) electrons. The van der Waals surface area contributed by atoms with Crippen LogP contribution >= 0.6 is 0 Å². The van der Waals surface area contributed by atoms with Gasteiger partial charge < -0.3 is 10.1 Å². The number of benzene rings is 3. The molecule has 0 aromatic heterocycles. The molecule has 3 aromatic carbocycles. The van der Waals surface area contributed by atoms with Gasteiger partial charge in [-0.3, -0.25) is 0 Å². The summed E-state index contributed by atoms with van der Waals surface area (Å²) in [6.45, 7) is 0.281. The average molecular weight is 357 g/mol. The van der Waals surface area contributed by atoms with Crippen LogP contribution < -0.4 is 5.32 Å². The Kier molecular flexibility index (Phi) is 5.20. The molecule has 0 spiro atoms. The van der Waals surface area contributed by atoms with Crippen LogP contribution in [0.4, 0.5) is 4.79 Å². The Morgan fingerprint density at radius 3 is 2.33 bits per heavy atom. The van der Waals surface area contributed by atoms with E-state index in [0.717, 1.165) is 18.4 Å². The van der Waals surface area contributed by atoms with Crippen LogP contribution in [0.15, 0.2) is 84.9 Å². The fraction of sp³-hybridized carbons (Fsp3) is 0.208. The number of ether oxygens (including phenoxy) is 1. The minimum atomic E-state index is -0.368. The predicted octanol–water partition coefficient (Wildman–Crippen LogP) is 5.38. The quantitative estimate of drug-likeness (QED) is 0.680. The minimum Gasteiger partial charge on any atom is -0.445 e. The first-order chi connectivity index (χ1) is 13.3. The molecular formula is C24H23NO2. The van der Waals surface area contributed by atoms with Crippen molar-refractivity contribution in [3.8, 4) is 0 Å². The van der Waals surface area contributed by atoms with Gasteiger partial charge in [-0.05, 0) is 41.0 Å². The molecule has 0 heterocycles. The second-order valence-corrected chi connectivity index (χ2v) is 7.00. The van der Waals surface area contributed by atoms with Crippen molar-refractivity contribution < 1.29 is 9.53 Å². The van der Waals surface area contributed by atoms with Crippen LogP contribution in [0.5, 0.6) is 0 Å². The Bertz CT molecular complexity index is 893. The standard InChI is InChI=1S/C24H23NO2/c26-24(27-17-18-9-3-1-4-10-18)25-23-16-21(19-11-5-2-6-12-19)15-20-13-7-8-14-22(20)23/h1-14,21,23H,15-17H2,(H,25,26). The number of carbonyl (C=O) groups excluding carboxylic acids is 1. The highest BCUT2D eigenvalue weighted by atomic mass is 16.5. The zero-order chi connectivity index (χ0) is 18.5. The molecule has 2 unspecified atom stereocenters. The molecular weight excluding hydrogens is 334 g/mol. The summed E-state index contributed by atoms with van der Waals surface area (Å²) in [6.07, 6.45) is 1.51. The van der Waals surface area contributed by atoms with Crippen LogP contribution in [0, 0.1) is 0 Å². The van der Waals surface area contributed by atoms with Crippen molar-refractivity contribution in [1.29, 1.82) is 0 Å². The average Bonchev–Trinajstić information content (AvgIpc) is 2.73. The zero-order valence-corrected chi connectivity index (χ0v) is 15.2. The van der Waals surface area contributed by atoms with E-state index in [0.29, 0.717) is 5.92 Å². The van der Waals surface area contributed by atoms with Crippen LogP contribution in [0.3, 0.4) is 0 Å². The summed E-state index contributed by atoms with van der Waals surface area (Å²) in [4.78, 5) is 12.4. The number of hydrogen-bond donors (Lipinski definition) is 1. The summed E-state index contributed by atoms with van der Waals surface area (Å²) in [7, 11) is 0. The van der Waals surface area contributed by atoms with Crippen molar-refractivity contribution in [2.24, 2.45) is 0 Å². The van der Waals surface area contributed by atoms with Crippen LogP contribution in [0.1, 0.15) is 40.6 Å². The largest absolute Gasteiger partial charge is 0.445 e. The molecule has 1 aliphatic carbocycles. The highest BCUT2D eigenvalue weighted by Gasteiger charge is 2.29. The van der Waals surface area contributed by atoms with Gasteiger partial charge >= 0.3 is 6.09 Å². The van der Waals surface area contributed by atoms with Gasteiger partial charge in [0.05, 0.1) is 6.04 Å². The number of amides is 1. The summed E-state index contributed by atoms with van der Waals surface area (Å²) in [5.74, 6) is 0.389. The van der Waals surface area contributed by atoms with Gasteiger partial charge in [0.1, 0.15) is 6.61 Å². The van der Waals surface area contributed by atoms with Gasteiger partial charge in [-0.25, -0.2) is 4.79 Å². The van der Waals surface area contributed by atoms with Gasteiger partial charge in [0, 0.05) is 0 Å². The highest BCUT2D eigenvalue weighted by Crippen LogP contribution is 2.38. The lowest BCUT2D eigenvalue weighted by Crippen LogP contribution is -2.33. The number of hydrogen-bond acceptors (Lipinski definition) is 2. The molecule has 27 heavy (non-hydrogen) atoms. The Labute approximate surface area is 160 Å². The van der Waals surface area contributed by atoms with Crippen LogP contribution in [0.25, 0.3) is 0 Å². The Balaban J connectivity index is 1.47. The third-order valence-corrected chi connectivity index (χ3v) is 5.19. The fourth-order valence-electron chi connectivity index (χ4n) is 3.84. The first-order valence-corrected chi connectivity index (χ1v) is 9.39. The normalized spacial score (nSPS) is 18.4. The lowest BCUT2D eigenvalue weighted by Gasteiger charge is -2.32. The SMILES string of the molecule is O=C(NC1CC(c2ccccc2)Cc2ccccc21)OCc1ccccc1. The van der Waals surface area contributed by atoms with E-state index in [1.807, 2.05) is 42.5 Å². The molecule has 4 rings (SSSR count). The first-order valence-electron chi connectivity index (χ1n) is 9.39. The Hall–Kier alpha value is -3.07.